The topological polar surface area (TPSA) is 88.3 Å². The molecule has 2 amide bonds. The van der Waals surface area contributed by atoms with Crippen molar-refractivity contribution in [2.24, 2.45) is 5.73 Å². The average molecular weight is 372 g/mol. The molecule has 1 aliphatic rings. The summed E-state index contributed by atoms with van der Waals surface area (Å²) < 4.78 is 0. The minimum atomic E-state index is -0.507. The fourth-order valence-electron chi connectivity index (χ4n) is 3.19. The number of nitrogens with one attached hydrogen (secondary N) is 1. The van der Waals surface area contributed by atoms with Gasteiger partial charge in [0.05, 0.1) is 22.1 Å². The molecule has 0 saturated carbocycles. The minimum absolute atomic E-state index is 0.195. The zero-order valence-corrected chi connectivity index (χ0v) is 16.0. The Morgan fingerprint density at radius 2 is 2.00 bits per heavy atom. The summed E-state index contributed by atoms with van der Waals surface area (Å²) in [5.74, 6) is -0.701. The molecule has 0 atom stereocenters. The molecule has 1 fully saturated rings. The molecule has 2 heterocycles. The normalized spacial score (nSPS) is 14.3. The number of rotatable bonds is 5. The highest BCUT2D eigenvalue weighted by atomic mass is 32.1. The summed E-state index contributed by atoms with van der Waals surface area (Å²) in [5.41, 5.74) is 8.10. The van der Waals surface area contributed by atoms with E-state index in [0.29, 0.717) is 16.1 Å². The van der Waals surface area contributed by atoms with Crippen LogP contribution in [0.15, 0.2) is 18.2 Å². The van der Waals surface area contributed by atoms with Gasteiger partial charge in [-0.1, -0.05) is 6.92 Å². The largest absolute Gasteiger partial charge is 0.370 e. The number of amides is 2. The summed E-state index contributed by atoms with van der Waals surface area (Å²) in [6, 6.07) is 5.26. The fraction of sp³-hybridized carbons (Fsp3) is 0.421. The van der Waals surface area contributed by atoms with Crippen molar-refractivity contribution >= 4 is 34.5 Å². The zero-order valence-electron chi connectivity index (χ0n) is 15.2. The number of carbonyl (C=O) groups is 2. The van der Waals surface area contributed by atoms with E-state index in [2.05, 4.69) is 15.2 Å². The van der Waals surface area contributed by atoms with Crippen LogP contribution in [0.2, 0.25) is 0 Å². The van der Waals surface area contributed by atoms with E-state index >= 15 is 0 Å². The summed E-state index contributed by atoms with van der Waals surface area (Å²) in [6.45, 7) is 5.75. The van der Waals surface area contributed by atoms with Gasteiger partial charge in [0.1, 0.15) is 4.88 Å². The van der Waals surface area contributed by atoms with Gasteiger partial charge >= 0.3 is 0 Å². The molecule has 0 aliphatic carbocycles. The maximum absolute atomic E-state index is 12.8. The van der Waals surface area contributed by atoms with Crippen LogP contribution >= 0.6 is 11.3 Å². The Labute approximate surface area is 157 Å². The molecule has 1 aliphatic heterocycles. The van der Waals surface area contributed by atoms with Crippen LogP contribution in [0.3, 0.4) is 0 Å². The fourth-order valence-corrected chi connectivity index (χ4v) is 4.09. The minimum Gasteiger partial charge on any atom is -0.370 e. The molecule has 6 nitrogen and oxygen atoms in total. The zero-order chi connectivity index (χ0) is 18.7. The molecular formula is C19H24N4O2S. The van der Waals surface area contributed by atoms with Crippen LogP contribution in [-0.2, 0) is 6.42 Å². The molecule has 7 heteroatoms. The summed E-state index contributed by atoms with van der Waals surface area (Å²) >= 11 is 1.41. The van der Waals surface area contributed by atoms with E-state index in [-0.39, 0.29) is 5.91 Å². The molecule has 0 bridgehead atoms. The number of aryl methyl sites for hydroxylation is 2. The second-order valence-corrected chi connectivity index (χ2v) is 7.56. The lowest BCUT2D eigenvalue weighted by Gasteiger charge is -2.30. The van der Waals surface area contributed by atoms with Crippen molar-refractivity contribution in [2.75, 3.05) is 23.3 Å². The van der Waals surface area contributed by atoms with Gasteiger partial charge in [-0.25, -0.2) is 4.98 Å². The maximum Gasteiger partial charge on any atom is 0.267 e. The molecular weight excluding hydrogens is 348 g/mol. The third kappa shape index (κ3) is 3.88. The maximum atomic E-state index is 12.8. The lowest BCUT2D eigenvalue weighted by Crippen LogP contribution is -2.30. The van der Waals surface area contributed by atoms with Crippen LogP contribution in [0.1, 0.15) is 56.9 Å². The Morgan fingerprint density at radius 3 is 2.62 bits per heavy atom. The van der Waals surface area contributed by atoms with Crippen molar-refractivity contribution < 1.29 is 9.59 Å². The van der Waals surface area contributed by atoms with Crippen LogP contribution in [-0.4, -0.2) is 29.9 Å². The first-order valence-corrected chi connectivity index (χ1v) is 9.77. The van der Waals surface area contributed by atoms with Gasteiger partial charge in [-0.05, 0) is 50.8 Å². The number of carbonyl (C=O) groups excluding carboxylic acids is 2. The molecule has 1 saturated heterocycles. The molecule has 138 valence electrons. The third-order valence-electron chi connectivity index (χ3n) is 4.58. The quantitative estimate of drug-likeness (QED) is 0.842. The number of piperidine rings is 1. The molecule has 0 spiro atoms. The Bertz CT molecular complexity index is 825. The highest BCUT2D eigenvalue weighted by molar-refractivity contribution is 7.13. The van der Waals surface area contributed by atoms with Crippen molar-refractivity contribution in [3.8, 4) is 0 Å². The molecule has 0 unspecified atom stereocenters. The predicted molar refractivity (Wildman–Crippen MR) is 105 cm³/mol. The molecule has 0 radical (unpaired) electrons. The van der Waals surface area contributed by atoms with Crippen LogP contribution in [0.5, 0.6) is 0 Å². The number of nitrogens with two attached hydrogens (primary N) is 1. The predicted octanol–water partition coefficient (Wildman–Crippen LogP) is 3.36. The Morgan fingerprint density at radius 1 is 1.27 bits per heavy atom. The van der Waals surface area contributed by atoms with E-state index in [1.165, 1.54) is 17.8 Å². The molecule has 26 heavy (non-hydrogen) atoms. The highest BCUT2D eigenvalue weighted by Crippen LogP contribution is 2.31. The van der Waals surface area contributed by atoms with E-state index in [9.17, 15) is 9.59 Å². The molecule has 1 aromatic heterocycles. The first-order chi connectivity index (χ1) is 12.5. The number of hydrogen-bond acceptors (Lipinski definition) is 5. The van der Waals surface area contributed by atoms with E-state index < -0.39 is 5.91 Å². The van der Waals surface area contributed by atoms with E-state index in [1.54, 1.807) is 12.1 Å². The van der Waals surface area contributed by atoms with Crippen molar-refractivity contribution in [3.63, 3.8) is 0 Å². The van der Waals surface area contributed by atoms with Crippen molar-refractivity contribution in [2.45, 2.75) is 39.5 Å². The van der Waals surface area contributed by atoms with Gasteiger partial charge < -0.3 is 16.0 Å². The summed E-state index contributed by atoms with van der Waals surface area (Å²) in [4.78, 5) is 31.7. The standard InChI is InChI=1S/C19H24N4O2S/c1-3-16-21-12(2)17(26-16)19(25)22-14-11-13(18(20)24)7-8-15(14)23-9-5-4-6-10-23/h7-8,11H,3-6,9-10H2,1-2H3,(H2,20,24)(H,22,25). The number of aromatic nitrogens is 1. The smallest absolute Gasteiger partial charge is 0.267 e. The van der Waals surface area contributed by atoms with Crippen molar-refractivity contribution in [1.82, 2.24) is 4.98 Å². The van der Waals surface area contributed by atoms with Gasteiger partial charge in [-0.2, -0.15) is 0 Å². The van der Waals surface area contributed by atoms with Gasteiger partial charge in [0.2, 0.25) is 5.91 Å². The second-order valence-electron chi connectivity index (χ2n) is 6.47. The van der Waals surface area contributed by atoms with Gasteiger partial charge in [0.15, 0.2) is 0 Å². The Hall–Kier alpha value is -2.41. The van der Waals surface area contributed by atoms with E-state index in [1.807, 2.05) is 19.9 Å². The number of benzene rings is 1. The van der Waals surface area contributed by atoms with E-state index in [0.717, 1.165) is 48.7 Å². The van der Waals surface area contributed by atoms with Crippen molar-refractivity contribution in [3.05, 3.63) is 39.3 Å². The SMILES string of the molecule is CCc1nc(C)c(C(=O)Nc2cc(C(N)=O)ccc2N2CCCCC2)s1. The van der Waals surface area contributed by atoms with Gasteiger partial charge in [-0.15, -0.1) is 11.3 Å². The number of primary amides is 1. The highest BCUT2D eigenvalue weighted by Gasteiger charge is 2.20. The van der Waals surface area contributed by atoms with Crippen LogP contribution in [0.4, 0.5) is 11.4 Å². The summed E-state index contributed by atoms with van der Waals surface area (Å²) in [6.07, 6.45) is 4.27. The van der Waals surface area contributed by atoms with Crippen LogP contribution in [0.25, 0.3) is 0 Å². The number of hydrogen-bond donors (Lipinski definition) is 2. The van der Waals surface area contributed by atoms with Gasteiger partial charge in [0.25, 0.3) is 5.91 Å². The lowest BCUT2D eigenvalue weighted by molar-refractivity contribution is 0.0996. The monoisotopic (exact) mass is 372 g/mol. The number of thiazole rings is 1. The first kappa shape index (κ1) is 18.4. The Balaban J connectivity index is 1.92. The summed E-state index contributed by atoms with van der Waals surface area (Å²) in [5, 5.41) is 3.92. The van der Waals surface area contributed by atoms with Gasteiger partial charge in [-0.3, -0.25) is 9.59 Å². The van der Waals surface area contributed by atoms with Crippen LogP contribution < -0.4 is 16.0 Å². The van der Waals surface area contributed by atoms with Crippen molar-refractivity contribution in [1.29, 1.82) is 0 Å². The second kappa shape index (κ2) is 7.86. The molecule has 2 aromatic rings. The molecule has 1 aromatic carbocycles. The molecule has 3 rings (SSSR count). The Kier molecular flexibility index (Phi) is 5.56. The number of nitrogens with zero attached hydrogens (tertiary/aromatic N) is 2. The first-order valence-electron chi connectivity index (χ1n) is 8.96. The summed E-state index contributed by atoms with van der Waals surface area (Å²) in [7, 11) is 0. The molecule has 3 N–H and O–H groups in total. The van der Waals surface area contributed by atoms with E-state index in [4.69, 9.17) is 5.73 Å². The number of anilines is 2. The third-order valence-corrected chi connectivity index (χ3v) is 5.88. The average Bonchev–Trinajstić information content (AvgIpc) is 3.03. The van der Waals surface area contributed by atoms with Gasteiger partial charge in [0, 0.05) is 18.7 Å². The lowest BCUT2D eigenvalue weighted by atomic mass is 10.1. The van der Waals surface area contributed by atoms with Crippen LogP contribution in [0, 0.1) is 6.92 Å².